The van der Waals surface area contributed by atoms with E-state index in [1.165, 1.54) is 0 Å². The molecular weight excluding hydrogens is 136 g/mol. The van der Waals surface area contributed by atoms with Crippen molar-refractivity contribution in [2.45, 2.75) is 20.0 Å². The summed E-state index contributed by atoms with van der Waals surface area (Å²) in [5.74, 6) is 0. The highest BCUT2D eigenvalue weighted by molar-refractivity contribution is 6.36. The van der Waals surface area contributed by atoms with Crippen molar-refractivity contribution < 1.29 is 13.3 Å². The SMILES string of the molecule is CO[SiH](OC)OC(C)C. The van der Waals surface area contributed by atoms with Crippen molar-refractivity contribution in [3.8, 4) is 0 Å². The normalized spacial score (nSPS) is 11.3. The van der Waals surface area contributed by atoms with Crippen LogP contribution in [-0.2, 0) is 13.3 Å². The molecule has 4 heteroatoms. The molecule has 9 heavy (non-hydrogen) atoms. The lowest BCUT2D eigenvalue weighted by molar-refractivity contribution is 0.104. The Balaban J connectivity index is 3.31. The highest BCUT2D eigenvalue weighted by Gasteiger charge is 2.11. The lowest BCUT2D eigenvalue weighted by Crippen LogP contribution is -2.27. The van der Waals surface area contributed by atoms with Gasteiger partial charge in [0.05, 0.1) is 0 Å². The molecule has 0 bridgehead atoms. The molecule has 0 saturated heterocycles. The largest absolute Gasteiger partial charge is 0.483 e. The van der Waals surface area contributed by atoms with Gasteiger partial charge in [0, 0.05) is 20.3 Å². The average molecular weight is 150 g/mol. The van der Waals surface area contributed by atoms with Crippen molar-refractivity contribution in [2.75, 3.05) is 14.2 Å². The monoisotopic (exact) mass is 150 g/mol. The second kappa shape index (κ2) is 4.93. The summed E-state index contributed by atoms with van der Waals surface area (Å²) in [7, 11) is 1.45. The summed E-state index contributed by atoms with van der Waals surface area (Å²) >= 11 is 0. The maximum atomic E-state index is 5.24. The van der Waals surface area contributed by atoms with E-state index in [-0.39, 0.29) is 6.10 Å². The fraction of sp³-hybridized carbons (Fsp3) is 1.00. The van der Waals surface area contributed by atoms with E-state index < -0.39 is 9.53 Å². The van der Waals surface area contributed by atoms with Crippen LogP contribution in [0.15, 0.2) is 0 Å². The van der Waals surface area contributed by atoms with Crippen molar-refractivity contribution in [1.29, 1.82) is 0 Å². The molecule has 0 radical (unpaired) electrons. The molecule has 0 aromatic carbocycles. The summed E-state index contributed by atoms with van der Waals surface area (Å²) in [6.45, 7) is 3.91. The lowest BCUT2D eigenvalue weighted by Gasteiger charge is -2.13. The molecule has 0 fully saturated rings. The minimum atomic E-state index is -1.75. The van der Waals surface area contributed by atoms with Crippen LogP contribution in [0.1, 0.15) is 13.8 Å². The Bertz CT molecular complexity index is 63.2. The first-order chi connectivity index (χ1) is 4.20. The average Bonchev–Trinajstić information content (AvgIpc) is 1.82. The van der Waals surface area contributed by atoms with E-state index in [4.69, 9.17) is 13.3 Å². The van der Waals surface area contributed by atoms with Gasteiger partial charge in [0.25, 0.3) is 0 Å². The molecule has 0 atom stereocenters. The molecule has 0 rings (SSSR count). The summed E-state index contributed by atoms with van der Waals surface area (Å²) in [5, 5.41) is 0. The molecular formula is C5H14O3Si. The molecule has 0 aliphatic heterocycles. The van der Waals surface area contributed by atoms with Crippen LogP contribution in [0.2, 0.25) is 0 Å². The number of hydrogen-bond acceptors (Lipinski definition) is 3. The second-order valence-electron chi connectivity index (χ2n) is 1.94. The topological polar surface area (TPSA) is 27.7 Å². The predicted octanol–water partition coefficient (Wildman–Crippen LogP) is 0.421. The zero-order chi connectivity index (χ0) is 7.28. The standard InChI is InChI=1S/C5H14O3Si/c1-5(2)8-9(6-3)7-4/h5,9H,1-4H3. The zero-order valence-corrected chi connectivity index (χ0v) is 7.53. The molecule has 0 saturated carbocycles. The van der Waals surface area contributed by atoms with Crippen LogP contribution >= 0.6 is 0 Å². The van der Waals surface area contributed by atoms with Gasteiger partial charge in [-0.25, -0.2) is 0 Å². The van der Waals surface area contributed by atoms with Crippen LogP contribution in [0.25, 0.3) is 0 Å². The van der Waals surface area contributed by atoms with E-state index in [0.717, 1.165) is 0 Å². The molecule has 3 nitrogen and oxygen atoms in total. The Labute approximate surface area is 57.9 Å². The smallest absolute Gasteiger partial charge is 0.379 e. The molecule has 0 amide bonds. The first kappa shape index (κ1) is 9.10. The minimum absolute atomic E-state index is 0.196. The van der Waals surface area contributed by atoms with E-state index in [2.05, 4.69) is 0 Å². The van der Waals surface area contributed by atoms with Gasteiger partial charge in [-0.2, -0.15) is 0 Å². The maximum absolute atomic E-state index is 5.24. The molecule has 0 spiro atoms. The van der Waals surface area contributed by atoms with Gasteiger partial charge in [0.15, 0.2) is 0 Å². The Morgan fingerprint density at radius 1 is 1.11 bits per heavy atom. The van der Waals surface area contributed by atoms with Crippen LogP contribution in [0.4, 0.5) is 0 Å². The molecule has 0 aliphatic carbocycles. The first-order valence-corrected chi connectivity index (χ1v) is 4.33. The van der Waals surface area contributed by atoms with Gasteiger partial charge in [0.2, 0.25) is 0 Å². The molecule has 56 valence electrons. The fourth-order valence-electron chi connectivity index (χ4n) is 0.430. The highest BCUT2D eigenvalue weighted by Crippen LogP contribution is 1.93. The number of rotatable bonds is 4. The molecule has 0 heterocycles. The van der Waals surface area contributed by atoms with Gasteiger partial charge < -0.3 is 13.3 Å². The van der Waals surface area contributed by atoms with Crippen molar-refractivity contribution in [2.24, 2.45) is 0 Å². The second-order valence-corrected chi connectivity index (χ2v) is 3.74. The summed E-state index contributed by atoms with van der Waals surface area (Å²) in [5.41, 5.74) is 0. The Morgan fingerprint density at radius 3 is 1.67 bits per heavy atom. The van der Waals surface area contributed by atoms with Gasteiger partial charge in [-0.15, -0.1) is 0 Å². The van der Waals surface area contributed by atoms with Gasteiger partial charge in [-0.3, -0.25) is 0 Å². The molecule has 0 aliphatic rings. The minimum Gasteiger partial charge on any atom is -0.379 e. The summed E-state index contributed by atoms with van der Waals surface area (Å²) in [4.78, 5) is 0. The maximum Gasteiger partial charge on any atom is 0.483 e. The lowest BCUT2D eigenvalue weighted by atomic mass is 10.5. The van der Waals surface area contributed by atoms with E-state index in [1.54, 1.807) is 14.2 Å². The molecule has 0 aromatic heterocycles. The molecule has 0 unspecified atom stereocenters. The van der Waals surface area contributed by atoms with Gasteiger partial charge >= 0.3 is 9.53 Å². The predicted molar refractivity (Wildman–Crippen MR) is 37.4 cm³/mol. The van der Waals surface area contributed by atoms with Crippen molar-refractivity contribution in [3.63, 3.8) is 0 Å². The first-order valence-electron chi connectivity index (χ1n) is 2.91. The van der Waals surface area contributed by atoms with Crippen molar-refractivity contribution >= 4 is 9.53 Å². The Kier molecular flexibility index (Phi) is 4.98. The third-order valence-corrected chi connectivity index (χ3v) is 2.30. The Morgan fingerprint density at radius 2 is 1.56 bits per heavy atom. The third-order valence-electron chi connectivity index (χ3n) is 0.768. The van der Waals surface area contributed by atoms with Crippen molar-refractivity contribution in [1.82, 2.24) is 0 Å². The van der Waals surface area contributed by atoms with Crippen LogP contribution in [0.5, 0.6) is 0 Å². The van der Waals surface area contributed by atoms with E-state index in [9.17, 15) is 0 Å². The van der Waals surface area contributed by atoms with E-state index in [1.807, 2.05) is 13.8 Å². The summed E-state index contributed by atoms with van der Waals surface area (Å²) in [6, 6.07) is 0. The van der Waals surface area contributed by atoms with E-state index in [0.29, 0.717) is 0 Å². The summed E-state index contributed by atoms with van der Waals surface area (Å²) in [6.07, 6.45) is 0.196. The molecule has 0 N–H and O–H groups in total. The van der Waals surface area contributed by atoms with Gasteiger partial charge in [0.1, 0.15) is 0 Å². The fourth-order valence-corrected chi connectivity index (χ4v) is 1.29. The Hall–Kier alpha value is 0.0969. The van der Waals surface area contributed by atoms with Crippen LogP contribution in [0, 0.1) is 0 Å². The molecule has 0 aromatic rings. The van der Waals surface area contributed by atoms with Gasteiger partial charge in [-0.1, -0.05) is 0 Å². The highest BCUT2D eigenvalue weighted by atomic mass is 28.3. The van der Waals surface area contributed by atoms with Crippen LogP contribution in [-0.4, -0.2) is 29.9 Å². The summed E-state index contributed by atoms with van der Waals surface area (Å²) < 4.78 is 15.1. The van der Waals surface area contributed by atoms with Crippen LogP contribution < -0.4 is 0 Å². The van der Waals surface area contributed by atoms with Crippen LogP contribution in [0.3, 0.4) is 0 Å². The van der Waals surface area contributed by atoms with Crippen molar-refractivity contribution in [3.05, 3.63) is 0 Å². The third kappa shape index (κ3) is 4.59. The number of hydrogen-bond donors (Lipinski definition) is 0. The zero-order valence-electron chi connectivity index (χ0n) is 6.38. The quantitative estimate of drug-likeness (QED) is 0.544. The van der Waals surface area contributed by atoms with E-state index >= 15 is 0 Å². The van der Waals surface area contributed by atoms with Gasteiger partial charge in [-0.05, 0) is 13.8 Å².